The Morgan fingerprint density at radius 2 is 1.70 bits per heavy atom. The van der Waals surface area contributed by atoms with Gasteiger partial charge in [0.25, 0.3) is 0 Å². The van der Waals surface area contributed by atoms with Crippen LogP contribution in [-0.2, 0) is 10.0 Å². The van der Waals surface area contributed by atoms with Gasteiger partial charge < -0.3 is 14.6 Å². The molecule has 0 amide bonds. The van der Waals surface area contributed by atoms with Crippen molar-refractivity contribution in [2.24, 2.45) is 0 Å². The van der Waals surface area contributed by atoms with Gasteiger partial charge in [-0.05, 0) is 31.4 Å². The number of hydrogen-bond donors (Lipinski definition) is 2. The third-order valence-corrected chi connectivity index (χ3v) is 4.70. The van der Waals surface area contributed by atoms with Gasteiger partial charge in [0.2, 0.25) is 10.0 Å². The van der Waals surface area contributed by atoms with E-state index >= 15 is 0 Å². The Morgan fingerprint density at radius 3 is 2.22 bits per heavy atom. The average Bonchev–Trinajstić information content (AvgIpc) is 2.56. The van der Waals surface area contributed by atoms with Crippen LogP contribution >= 0.6 is 0 Å². The van der Waals surface area contributed by atoms with E-state index in [2.05, 4.69) is 4.72 Å². The van der Waals surface area contributed by atoms with Crippen molar-refractivity contribution in [2.45, 2.75) is 51.0 Å². The standard InChI is InChI=1S/C16H27NO5S/c1-4-9-21-15-8-7-14(11-16(15)22-10-5-2)23(19,20)17-13(6-3)12-18/h7-8,11,13,17-18H,4-6,9-10,12H2,1-3H3/t13-/m1/s1. The molecule has 0 saturated carbocycles. The van der Waals surface area contributed by atoms with Crippen molar-refractivity contribution in [1.82, 2.24) is 4.72 Å². The fraction of sp³-hybridized carbons (Fsp3) is 0.625. The van der Waals surface area contributed by atoms with E-state index in [0.29, 0.717) is 31.1 Å². The van der Waals surface area contributed by atoms with E-state index < -0.39 is 16.1 Å². The van der Waals surface area contributed by atoms with Crippen molar-refractivity contribution < 1.29 is 23.0 Å². The monoisotopic (exact) mass is 345 g/mol. The van der Waals surface area contributed by atoms with Crippen LogP contribution in [0.15, 0.2) is 23.1 Å². The summed E-state index contributed by atoms with van der Waals surface area (Å²) < 4.78 is 38.5. The highest BCUT2D eigenvalue weighted by Gasteiger charge is 2.20. The van der Waals surface area contributed by atoms with Gasteiger partial charge in [0.15, 0.2) is 11.5 Å². The van der Waals surface area contributed by atoms with Crippen molar-refractivity contribution in [3.63, 3.8) is 0 Å². The van der Waals surface area contributed by atoms with Gasteiger partial charge in [-0.3, -0.25) is 0 Å². The Labute approximate surface area is 138 Å². The molecule has 0 saturated heterocycles. The van der Waals surface area contributed by atoms with E-state index in [1.165, 1.54) is 12.1 Å². The topological polar surface area (TPSA) is 84.9 Å². The summed E-state index contributed by atoms with van der Waals surface area (Å²) in [5, 5.41) is 9.18. The summed E-state index contributed by atoms with van der Waals surface area (Å²) in [5.41, 5.74) is 0. The van der Waals surface area contributed by atoms with Crippen LogP contribution in [0.1, 0.15) is 40.0 Å². The van der Waals surface area contributed by atoms with Crippen molar-refractivity contribution in [3.8, 4) is 11.5 Å². The molecule has 0 bridgehead atoms. The van der Waals surface area contributed by atoms with Crippen molar-refractivity contribution in [2.75, 3.05) is 19.8 Å². The van der Waals surface area contributed by atoms with E-state index in [-0.39, 0.29) is 11.5 Å². The maximum Gasteiger partial charge on any atom is 0.241 e. The second-order valence-electron chi connectivity index (χ2n) is 5.21. The van der Waals surface area contributed by atoms with Gasteiger partial charge in [0.05, 0.1) is 24.7 Å². The third kappa shape index (κ3) is 6.01. The molecule has 0 fully saturated rings. The first-order chi connectivity index (χ1) is 11.0. The summed E-state index contributed by atoms with van der Waals surface area (Å²) in [6, 6.07) is 4.05. The lowest BCUT2D eigenvalue weighted by Crippen LogP contribution is -2.36. The summed E-state index contributed by atoms with van der Waals surface area (Å²) in [7, 11) is -3.71. The van der Waals surface area contributed by atoms with Gasteiger partial charge in [-0.2, -0.15) is 0 Å². The molecule has 0 radical (unpaired) electrons. The fourth-order valence-electron chi connectivity index (χ4n) is 1.85. The second-order valence-corrected chi connectivity index (χ2v) is 6.93. The third-order valence-electron chi connectivity index (χ3n) is 3.18. The van der Waals surface area contributed by atoms with Gasteiger partial charge in [0.1, 0.15) is 0 Å². The first-order valence-corrected chi connectivity index (χ1v) is 9.49. The lowest BCUT2D eigenvalue weighted by atomic mass is 10.3. The van der Waals surface area contributed by atoms with Crippen LogP contribution in [0.4, 0.5) is 0 Å². The molecule has 1 aromatic carbocycles. The molecule has 0 spiro atoms. The van der Waals surface area contributed by atoms with Gasteiger partial charge in [0, 0.05) is 12.1 Å². The van der Waals surface area contributed by atoms with Crippen molar-refractivity contribution in [1.29, 1.82) is 0 Å². The zero-order chi connectivity index (χ0) is 17.3. The maximum atomic E-state index is 12.4. The Morgan fingerprint density at radius 1 is 1.09 bits per heavy atom. The fourth-order valence-corrected chi connectivity index (χ4v) is 3.17. The molecule has 1 rings (SSSR count). The largest absolute Gasteiger partial charge is 0.490 e. The normalized spacial score (nSPS) is 12.9. The minimum Gasteiger partial charge on any atom is -0.490 e. The van der Waals surface area contributed by atoms with Crippen molar-refractivity contribution >= 4 is 10.0 Å². The first-order valence-electron chi connectivity index (χ1n) is 8.01. The quantitative estimate of drug-likeness (QED) is 0.643. The molecular weight excluding hydrogens is 318 g/mol. The summed E-state index contributed by atoms with van der Waals surface area (Å²) in [6.45, 7) is 6.55. The van der Waals surface area contributed by atoms with E-state index in [1.807, 2.05) is 13.8 Å². The average molecular weight is 345 g/mol. The maximum absolute atomic E-state index is 12.4. The van der Waals surface area contributed by atoms with Gasteiger partial charge in [-0.15, -0.1) is 0 Å². The van der Waals surface area contributed by atoms with Crippen LogP contribution in [-0.4, -0.2) is 39.4 Å². The minimum absolute atomic E-state index is 0.0966. The van der Waals surface area contributed by atoms with Crippen LogP contribution in [0, 0.1) is 0 Å². The van der Waals surface area contributed by atoms with Gasteiger partial charge in [-0.1, -0.05) is 20.8 Å². The van der Waals surface area contributed by atoms with E-state index in [1.54, 1.807) is 13.0 Å². The first kappa shape index (κ1) is 19.7. The molecule has 0 aliphatic heterocycles. The molecule has 1 atom stereocenters. The number of hydrogen-bond acceptors (Lipinski definition) is 5. The van der Waals surface area contributed by atoms with Crippen LogP contribution in [0.25, 0.3) is 0 Å². The SMILES string of the molecule is CCCOc1ccc(S(=O)(=O)N[C@H](CC)CO)cc1OCCC. The van der Waals surface area contributed by atoms with Gasteiger partial charge >= 0.3 is 0 Å². The summed E-state index contributed by atoms with van der Waals surface area (Å²) >= 11 is 0. The number of rotatable bonds is 11. The molecule has 0 aliphatic carbocycles. The van der Waals surface area contributed by atoms with E-state index in [9.17, 15) is 13.5 Å². The predicted octanol–water partition coefficient (Wildman–Crippen LogP) is 2.31. The number of ether oxygens (including phenoxy) is 2. The lowest BCUT2D eigenvalue weighted by Gasteiger charge is -2.16. The Hall–Kier alpha value is -1.31. The molecular formula is C16H27NO5S. The van der Waals surface area contributed by atoms with Crippen LogP contribution in [0.2, 0.25) is 0 Å². The van der Waals surface area contributed by atoms with Crippen molar-refractivity contribution in [3.05, 3.63) is 18.2 Å². The molecule has 0 aliphatic rings. The Kier molecular flexibility index (Phi) is 8.36. The van der Waals surface area contributed by atoms with Crippen LogP contribution in [0.3, 0.4) is 0 Å². The minimum atomic E-state index is -3.71. The number of nitrogens with one attached hydrogen (secondary N) is 1. The van der Waals surface area contributed by atoms with Crippen LogP contribution < -0.4 is 14.2 Å². The predicted molar refractivity (Wildman–Crippen MR) is 89.5 cm³/mol. The molecule has 7 heteroatoms. The van der Waals surface area contributed by atoms with E-state index in [4.69, 9.17) is 9.47 Å². The van der Waals surface area contributed by atoms with Gasteiger partial charge in [-0.25, -0.2) is 13.1 Å². The molecule has 6 nitrogen and oxygen atoms in total. The molecule has 2 N–H and O–H groups in total. The zero-order valence-corrected chi connectivity index (χ0v) is 14.9. The number of benzene rings is 1. The Balaban J connectivity index is 3.06. The number of aliphatic hydroxyl groups is 1. The molecule has 132 valence electrons. The van der Waals surface area contributed by atoms with Crippen LogP contribution in [0.5, 0.6) is 11.5 Å². The smallest absolute Gasteiger partial charge is 0.241 e. The summed E-state index contributed by atoms with van der Waals surface area (Å²) in [6.07, 6.45) is 2.17. The highest BCUT2D eigenvalue weighted by Crippen LogP contribution is 2.30. The zero-order valence-electron chi connectivity index (χ0n) is 14.0. The molecule has 1 aromatic rings. The molecule has 0 aromatic heterocycles. The summed E-state index contributed by atoms with van der Waals surface area (Å²) in [4.78, 5) is 0.0966. The highest BCUT2D eigenvalue weighted by molar-refractivity contribution is 7.89. The molecule has 0 unspecified atom stereocenters. The highest BCUT2D eigenvalue weighted by atomic mass is 32.2. The molecule has 0 heterocycles. The van der Waals surface area contributed by atoms with E-state index in [0.717, 1.165) is 12.8 Å². The molecule has 23 heavy (non-hydrogen) atoms. The Bertz CT molecular complexity index is 570. The lowest BCUT2D eigenvalue weighted by molar-refractivity contribution is 0.253. The number of sulfonamides is 1. The second kappa shape index (κ2) is 9.75. The number of aliphatic hydroxyl groups excluding tert-OH is 1. The summed E-state index contributed by atoms with van der Waals surface area (Å²) in [5.74, 6) is 0.952.